The van der Waals surface area contributed by atoms with Gasteiger partial charge >= 0.3 is 6.18 Å². The minimum absolute atomic E-state index is 0.0430. The van der Waals surface area contributed by atoms with Crippen LogP contribution in [0.15, 0.2) is 30.3 Å². The van der Waals surface area contributed by atoms with Crippen molar-refractivity contribution in [2.75, 3.05) is 11.9 Å². The summed E-state index contributed by atoms with van der Waals surface area (Å²) in [6, 6.07) is 7.31. The quantitative estimate of drug-likeness (QED) is 0.769. The predicted octanol–water partition coefficient (Wildman–Crippen LogP) is 2.93. The maximum Gasteiger partial charge on any atom is 0.422 e. The van der Waals surface area contributed by atoms with Gasteiger partial charge in [0, 0.05) is 17.1 Å². The molecule has 1 N–H and O–H groups in total. The van der Waals surface area contributed by atoms with E-state index in [1.807, 2.05) is 19.9 Å². The summed E-state index contributed by atoms with van der Waals surface area (Å²) in [5.41, 5.74) is 1.91. The molecule has 10 heteroatoms. The van der Waals surface area contributed by atoms with Crippen LogP contribution in [0.5, 0.6) is 5.75 Å². The largest absolute Gasteiger partial charge is 0.484 e. The Morgan fingerprint density at radius 3 is 2.54 bits per heavy atom. The first-order valence-corrected chi connectivity index (χ1v) is 7.53. The van der Waals surface area contributed by atoms with Crippen LogP contribution >= 0.6 is 0 Å². The summed E-state index contributed by atoms with van der Waals surface area (Å²) in [6.07, 6.45) is -4.41. The summed E-state index contributed by atoms with van der Waals surface area (Å²) < 4.78 is 42.4. The molecule has 0 unspecified atom stereocenters. The van der Waals surface area contributed by atoms with Crippen molar-refractivity contribution in [2.45, 2.75) is 20.0 Å². The van der Waals surface area contributed by atoms with Gasteiger partial charge in [0.2, 0.25) is 5.82 Å². The summed E-state index contributed by atoms with van der Waals surface area (Å²) in [7, 11) is 0. The van der Waals surface area contributed by atoms with Crippen molar-refractivity contribution in [3.8, 4) is 5.75 Å². The van der Waals surface area contributed by atoms with Crippen molar-refractivity contribution in [2.24, 2.45) is 0 Å². The first-order chi connectivity index (χ1) is 12.2. The number of fused-ring (bicyclic) bond motifs is 1. The van der Waals surface area contributed by atoms with Gasteiger partial charge in [-0.15, -0.1) is 5.10 Å². The first-order valence-electron chi connectivity index (χ1n) is 7.53. The molecule has 0 aliphatic carbocycles. The van der Waals surface area contributed by atoms with Crippen molar-refractivity contribution in [3.05, 3.63) is 47.5 Å². The summed E-state index contributed by atoms with van der Waals surface area (Å²) in [6.45, 7) is 2.25. The molecule has 2 heterocycles. The van der Waals surface area contributed by atoms with Crippen LogP contribution in [-0.2, 0) is 0 Å². The van der Waals surface area contributed by atoms with Crippen molar-refractivity contribution in [1.29, 1.82) is 0 Å². The van der Waals surface area contributed by atoms with Crippen LogP contribution in [-0.4, -0.2) is 38.3 Å². The van der Waals surface area contributed by atoms with E-state index in [0.29, 0.717) is 11.5 Å². The lowest BCUT2D eigenvalue weighted by molar-refractivity contribution is -0.153. The standard InChI is InChI=1S/C16H14F3N5O2/c1-9-7-10(2)24-15(20-9)22-13(23-24)14(25)21-11-3-5-12(6-4-11)26-8-16(17,18)19/h3-7H,8H2,1-2H3,(H,21,25). The van der Waals surface area contributed by atoms with Crippen LogP contribution < -0.4 is 10.1 Å². The molecule has 26 heavy (non-hydrogen) atoms. The molecule has 0 aliphatic rings. The van der Waals surface area contributed by atoms with Crippen molar-refractivity contribution in [3.63, 3.8) is 0 Å². The summed E-state index contributed by atoms with van der Waals surface area (Å²) >= 11 is 0. The zero-order valence-electron chi connectivity index (χ0n) is 13.8. The fourth-order valence-electron chi connectivity index (χ4n) is 2.25. The molecule has 0 saturated carbocycles. The van der Waals surface area contributed by atoms with Gasteiger partial charge < -0.3 is 10.1 Å². The highest BCUT2D eigenvalue weighted by atomic mass is 19.4. The Morgan fingerprint density at radius 2 is 1.88 bits per heavy atom. The number of anilines is 1. The second-order valence-electron chi connectivity index (χ2n) is 5.57. The van der Waals surface area contributed by atoms with Crippen LogP contribution in [0.25, 0.3) is 5.78 Å². The third-order valence-corrected chi connectivity index (χ3v) is 3.34. The Kier molecular flexibility index (Phi) is 4.49. The molecule has 0 bridgehead atoms. The minimum atomic E-state index is -4.41. The molecule has 0 spiro atoms. The lowest BCUT2D eigenvalue weighted by Gasteiger charge is -2.09. The molecular weight excluding hydrogens is 351 g/mol. The number of aryl methyl sites for hydroxylation is 2. The number of nitrogens with zero attached hydrogens (tertiary/aromatic N) is 4. The van der Waals surface area contributed by atoms with Gasteiger partial charge in [-0.05, 0) is 44.2 Å². The van der Waals surface area contributed by atoms with Crippen LogP contribution in [0.4, 0.5) is 18.9 Å². The number of alkyl halides is 3. The van der Waals surface area contributed by atoms with E-state index in [1.54, 1.807) is 0 Å². The number of rotatable bonds is 4. The normalized spacial score (nSPS) is 11.6. The Bertz CT molecular complexity index is 951. The molecule has 136 valence electrons. The average molecular weight is 365 g/mol. The van der Waals surface area contributed by atoms with Gasteiger partial charge in [-0.2, -0.15) is 18.2 Å². The number of carbonyl (C=O) groups excluding carboxylic acids is 1. The van der Waals surface area contributed by atoms with Gasteiger partial charge in [0.15, 0.2) is 6.61 Å². The van der Waals surface area contributed by atoms with Crippen LogP contribution in [0.3, 0.4) is 0 Å². The zero-order chi connectivity index (χ0) is 18.9. The van der Waals surface area contributed by atoms with E-state index in [1.165, 1.54) is 28.8 Å². The molecule has 1 aromatic carbocycles. The summed E-state index contributed by atoms with van der Waals surface area (Å²) in [5, 5.41) is 6.67. The fourth-order valence-corrected chi connectivity index (χ4v) is 2.25. The number of ether oxygens (including phenoxy) is 1. The topological polar surface area (TPSA) is 81.4 Å². The Balaban J connectivity index is 1.71. The number of amides is 1. The molecular formula is C16H14F3N5O2. The number of nitrogens with one attached hydrogen (secondary N) is 1. The molecule has 7 nitrogen and oxygen atoms in total. The number of benzene rings is 1. The van der Waals surface area contributed by atoms with Crippen LogP contribution in [0.2, 0.25) is 0 Å². The summed E-state index contributed by atoms with van der Waals surface area (Å²) in [4.78, 5) is 20.5. The molecule has 0 radical (unpaired) electrons. The van der Waals surface area contributed by atoms with Gasteiger partial charge in [-0.1, -0.05) is 0 Å². The molecule has 0 fully saturated rings. The van der Waals surface area contributed by atoms with E-state index >= 15 is 0 Å². The zero-order valence-corrected chi connectivity index (χ0v) is 13.8. The second-order valence-corrected chi connectivity index (χ2v) is 5.57. The smallest absolute Gasteiger partial charge is 0.422 e. The number of hydrogen-bond donors (Lipinski definition) is 1. The molecule has 3 rings (SSSR count). The van der Waals surface area contributed by atoms with E-state index in [2.05, 4.69) is 25.1 Å². The van der Waals surface area contributed by atoms with E-state index < -0.39 is 18.7 Å². The van der Waals surface area contributed by atoms with Crippen LogP contribution in [0.1, 0.15) is 22.0 Å². The van der Waals surface area contributed by atoms with Gasteiger partial charge in [-0.3, -0.25) is 4.79 Å². The molecule has 3 aromatic rings. The van der Waals surface area contributed by atoms with Crippen molar-refractivity contribution in [1.82, 2.24) is 19.6 Å². The van der Waals surface area contributed by atoms with Gasteiger partial charge in [0.1, 0.15) is 5.75 Å². The number of hydrogen-bond acceptors (Lipinski definition) is 5. The Hall–Kier alpha value is -3.17. The number of halogens is 3. The van der Waals surface area contributed by atoms with Gasteiger partial charge in [0.05, 0.1) is 0 Å². The van der Waals surface area contributed by atoms with Crippen LogP contribution in [0, 0.1) is 13.8 Å². The monoisotopic (exact) mass is 365 g/mol. The number of aromatic nitrogens is 4. The average Bonchev–Trinajstić information content (AvgIpc) is 2.98. The fraction of sp³-hybridized carbons (Fsp3) is 0.250. The van der Waals surface area contributed by atoms with Crippen molar-refractivity contribution >= 4 is 17.4 Å². The number of carbonyl (C=O) groups is 1. The lowest BCUT2D eigenvalue weighted by Crippen LogP contribution is -2.19. The maximum atomic E-state index is 12.3. The highest BCUT2D eigenvalue weighted by Gasteiger charge is 2.28. The molecule has 0 aliphatic heterocycles. The van der Waals surface area contributed by atoms with Crippen molar-refractivity contribution < 1.29 is 22.7 Å². The van der Waals surface area contributed by atoms with E-state index in [4.69, 9.17) is 0 Å². The Morgan fingerprint density at radius 1 is 1.19 bits per heavy atom. The first kappa shape index (κ1) is 17.6. The summed E-state index contributed by atoms with van der Waals surface area (Å²) in [5.74, 6) is -0.273. The van der Waals surface area contributed by atoms with E-state index in [-0.39, 0.29) is 11.6 Å². The van der Waals surface area contributed by atoms with Gasteiger partial charge in [0.25, 0.3) is 11.7 Å². The highest BCUT2D eigenvalue weighted by molar-refractivity contribution is 6.01. The lowest BCUT2D eigenvalue weighted by atomic mass is 10.3. The molecule has 0 atom stereocenters. The van der Waals surface area contributed by atoms with E-state index in [0.717, 1.165) is 11.4 Å². The molecule has 0 saturated heterocycles. The second kappa shape index (κ2) is 6.62. The predicted molar refractivity (Wildman–Crippen MR) is 86.2 cm³/mol. The minimum Gasteiger partial charge on any atom is -0.484 e. The molecule has 1 amide bonds. The van der Waals surface area contributed by atoms with E-state index in [9.17, 15) is 18.0 Å². The molecule has 2 aromatic heterocycles. The third kappa shape index (κ3) is 4.08. The maximum absolute atomic E-state index is 12.3. The third-order valence-electron chi connectivity index (χ3n) is 3.34. The Labute approximate surface area is 145 Å². The SMILES string of the molecule is Cc1cc(C)n2nc(C(=O)Nc3ccc(OCC(F)(F)F)cc3)nc2n1. The van der Waals surface area contributed by atoms with Gasteiger partial charge in [-0.25, -0.2) is 9.50 Å². The highest BCUT2D eigenvalue weighted by Crippen LogP contribution is 2.20.